The highest BCUT2D eigenvalue weighted by molar-refractivity contribution is 5.83. The number of methoxy groups -OCH3 is 1. The van der Waals surface area contributed by atoms with Crippen LogP contribution in [0.1, 0.15) is 40.6 Å². The Hall–Kier alpha value is -3.79. The predicted molar refractivity (Wildman–Crippen MR) is 140 cm³/mol. The number of aliphatic imine (C=N–C) groups is 1. The standard InChI is InChI=1S/C30H30N2O2/c1-4-16-34-28-15-9-21(18-29(28)33-3)19-31-23-12-10-22(11-13-23)30-25-7-5-6-24(25)26-17-20(2)8-14-27(26)32-30/h4-6,8-15,17-19,24-25,30,32H,1,7,16H2,2-3H3/t24-,25-,30+/m1/s1. The maximum atomic E-state index is 5.63. The van der Waals surface area contributed by atoms with Crippen LogP contribution in [-0.2, 0) is 0 Å². The molecule has 4 nitrogen and oxygen atoms in total. The van der Waals surface area contributed by atoms with E-state index in [1.807, 2.05) is 24.4 Å². The van der Waals surface area contributed by atoms with Crippen molar-refractivity contribution in [2.75, 3.05) is 19.0 Å². The average Bonchev–Trinajstić information content (AvgIpc) is 3.37. The molecular weight excluding hydrogens is 420 g/mol. The van der Waals surface area contributed by atoms with Crippen LogP contribution in [0.25, 0.3) is 0 Å². The van der Waals surface area contributed by atoms with Crippen molar-refractivity contribution in [1.82, 2.24) is 0 Å². The second-order valence-corrected chi connectivity index (χ2v) is 8.93. The van der Waals surface area contributed by atoms with Crippen LogP contribution >= 0.6 is 0 Å². The molecule has 0 unspecified atom stereocenters. The number of aryl methyl sites for hydroxylation is 1. The summed E-state index contributed by atoms with van der Waals surface area (Å²) < 4.78 is 11.1. The summed E-state index contributed by atoms with van der Waals surface area (Å²) in [6.45, 7) is 6.29. The lowest BCUT2D eigenvalue weighted by Crippen LogP contribution is -2.29. The molecule has 1 aliphatic carbocycles. The smallest absolute Gasteiger partial charge is 0.161 e. The SMILES string of the molecule is C=CCOc1ccc(C=Nc2ccc([C@@H]3Nc4ccc(C)cc4[C@@H]4C=CC[C@H]43)cc2)cc1OC. The Morgan fingerprint density at radius 3 is 2.71 bits per heavy atom. The molecule has 0 saturated heterocycles. The molecule has 0 saturated carbocycles. The van der Waals surface area contributed by atoms with E-state index in [-0.39, 0.29) is 0 Å². The van der Waals surface area contributed by atoms with Crippen LogP contribution in [0.2, 0.25) is 0 Å². The van der Waals surface area contributed by atoms with Gasteiger partial charge in [0.1, 0.15) is 6.61 Å². The highest BCUT2D eigenvalue weighted by Gasteiger charge is 2.37. The van der Waals surface area contributed by atoms with Gasteiger partial charge in [-0.2, -0.15) is 0 Å². The monoisotopic (exact) mass is 450 g/mol. The second-order valence-electron chi connectivity index (χ2n) is 8.93. The number of fused-ring (bicyclic) bond motifs is 3. The molecule has 0 amide bonds. The Morgan fingerprint density at radius 1 is 1.06 bits per heavy atom. The third-order valence-corrected chi connectivity index (χ3v) is 6.68. The summed E-state index contributed by atoms with van der Waals surface area (Å²) in [6, 6.07) is 21.4. The zero-order valence-corrected chi connectivity index (χ0v) is 19.7. The van der Waals surface area contributed by atoms with Crippen LogP contribution < -0.4 is 14.8 Å². The lowest BCUT2D eigenvalue weighted by Gasteiger charge is -2.37. The quantitative estimate of drug-likeness (QED) is 0.307. The minimum absolute atomic E-state index is 0.292. The summed E-state index contributed by atoms with van der Waals surface area (Å²) in [4.78, 5) is 4.67. The van der Waals surface area contributed by atoms with Crippen LogP contribution in [0.3, 0.4) is 0 Å². The molecule has 0 spiro atoms. The molecular formula is C30H30N2O2. The van der Waals surface area contributed by atoms with Crippen molar-refractivity contribution in [3.63, 3.8) is 0 Å². The molecule has 0 fully saturated rings. The summed E-state index contributed by atoms with van der Waals surface area (Å²) in [5.41, 5.74) is 7.16. The first kappa shape index (κ1) is 22.0. The number of hydrogen-bond donors (Lipinski definition) is 1. The van der Waals surface area contributed by atoms with E-state index in [1.165, 1.54) is 22.4 Å². The first-order valence-corrected chi connectivity index (χ1v) is 11.8. The molecule has 1 heterocycles. The Morgan fingerprint density at radius 2 is 1.91 bits per heavy atom. The Balaban J connectivity index is 1.33. The van der Waals surface area contributed by atoms with Gasteiger partial charge >= 0.3 is 0 Å². The topological polar surface area (TPSA) is 42.8 Å². The average molecular weight is 451 g/mol. The summed E-state index contributed by atoms with van der Waals surface area (Å²) in [7, 11) is 1.64. The van der Waals surface area contributed by atoms with E-state index in [4.69, 9.17) is 9.47 Å². The van der Waals surface area contributed by atoms with Gasteiger partial charge < -0.3 is 14.8 Å². The first-order valence-electron chi connectivity index (χ1n) is 11.8. The number of ether oxygens (including phenoxy) is 2. The van der Waals surface area contributed by atoms with Gasteiger partial charge in [-0.15, -0.1) is 0 Å². The van der Waals surface area contributed by atoms with Gasteiger partial charge in [0.25, 0.3) is 0 Å². The molecule has 0 radical (unpaired) electrons. The Bertz CT molecular complexity index is 1240. The van der Waals surface area contributed by atoms with Gasteiger partial charge in [0.2, 0.25) is 0 Å². The maximum Gasteiger partial charge on any atom is 0.161 e. The molecule has 34 heavy (non-hydrogen) atoms. The van der Waals surface area contributed by atoms with E-state index in [0.717, 1.165) is 17.7 Å². The van der Waals surface area contributed by atoms with Crippen molar-refractivity contribution >= 4 is 17.6 Å². The maximum absolute atomic E-state index is 5.63. The number of hydrogen-bond acceptors (Lipinski definition) is 4. The van der Waals surface area contributed by atoms with Crippen LogP contribution in [0.4, 0.5) is 11.4 Å². The van der Waals surface area contributed by atoms with Crippen LogP contribution in [-0.4, -0.2) is 19.9 Å². The molecule has 3 atom stereocenters. The fourth-order valence-corrected chi connectivity index (χ4v) is 4.99. The van der Waals surface area contributed by atoms with Gasteiger partial charge in [0.15, 0.2) is 11.5 Å². The molecule has 3 aromatic carbocycles. The molecule has 2 aliphatic rings. The number of nitrogens with one attached hydrogen (secondary N) is 1. The fraction of sp³-hybridized carbons (Fsp3) is 0.233. The molecule has 0 bridgehead atoms. The number of anilines is 1. The van der Waals surface area contributed by atoms with Crippen molar-refractivity contribution in [3.8, 4) is 11.5 Å². The third kappa shape index (κ3) is 4.36. The van der Waals surface area contributed by atoms with E-state index in [9.17, 15) is 0 Å². The Kier molecular flexibility index (Phi) is 6.22. The molecule has 1 N–H and O–H groups in total. The fourth-order valence-electron chi connectivity index (χ4n) is 4.99. The summed E-state index contributed by atoms with van der Waals surface area (Å²) >= 11 is 0. The summed E-state index contributed by atoms with van der Waals surface area (Å²) in [6.07, 6.45) is 9.39. The molecule has 172 valence electrons. The summed E-state index contributed by atoms with van der Waals surface area (Å²) in [5, 5.41) is 3.81. The van der Waals surface area contributed by atoms with Crippen LogP contribution in [0.15, 0.2) is 90.5 Å². The molecule has 5 rings (SSSR count). The van der Waals surface area contributed by atoms with Crippen molar-refractivity contribution in [2.45, 2.75) is 25.3 Å². The number of nitrogens with zero attached hydrogens (tertiary/aromatic N) is 1. The van der Waals surface area contributed by atoms with E-state index >= 15 is 0 Å². The third-order valence-electron chi connectivity index (χ3n) is 6.68. The minimum Gasteiger partial charge on any atom is -0.493 e. The van der Waals surface area contributed by atoms with Gasteiger partial charge in [-0.25, -0.2) is 0 Å². The van der Waals surface area contributed by atoms with E-state index < -0.39 is 0 Å². The lowest BCUT2D eigenvalue weighted by molar-refractivity contribution is 0.326. The van der Waals surface area contributed by atoms with E-state index in [2.05, 4.69) is 78.4 Å². The van der Waals surface area contributed by atoms with Gasteiger partial charge in [0.05, 0.1) is 18.8 Å². The number of rotatable bonds is 7. The van der Waals surface area contributed by atoms with Gasteiger partial charge in [-0.05, 0) is 72.4 Å². The number of benzene rings is 3. The minimum atomic E-state index is 0.292. The van der Waals surface area contributed by atoms with E-state index in [0.29, 0.717) is 36.0 Å². The number of allylic oxidation sites excluding steroid dienone is 2. The predicted octanol–water partition coefficient (Wildman–Crippen LogP) is 7.15. The zero-order chi connectivity index (χ0) is 23.5. The molecule has 1 aliphatic heterocycles. The van der Waals surface area contributed by atoms with Crippen LogP contribution in [0.5, 0.6) is 11.5 Å². The largest absolute Gasteiger partial charge is 0.493 e. The van der Waals surface area contributed by atoms with Gasteiger partial charge in [-0.3, -0.25) is 4.99 Å². The highest BCUT2D eigenvalue weighted by Crippen LogP contribution is 2.50. The Labute approximate surface area is 201 Å². The van der Waals surface area contributed by atoms with Crippen molar-refractivity contribution < 1.29 is 9.47 Å². The second kappa shape index (κ2) is 9.60. The van der Waals surface area contributed by atoms with Gasteiger partial charge in [-0.1, -0.05) is 54.6 Å². The molecule has 4 heteroatoms. The zero-order valence-electron chi connectivity index (χ0n) is 19.7. The van der Waals surface area contributed by atoms with Crippen molar-refractivity contribution in [2.24, 2.45) is 10.9 Å². The lowest BCUT2D eigenvalue weighted by atomic mass is 9.76. The van der Waals surface area contributed by atoms with Gasteiger partial charge in [0, 0.05) is 17.8 Å². The highest BCUT2D eigenvalue weighted by atomic mass is 16.5. The molecule has 3 aromatic rings. The first-order chi connectivity index (χ1) is 16.7. The molecule has 0 aromatic heterocycles. The summed E-state index contributed by atoms with van der Waals surface area (Å²) in [5.74, 6) is 2.39. The van der Waals surface area contributed by atoms with Crippen LogP contribution in [0, 0.1) is 12.8 Å². The van der Waals surface area contributed by atoms with Crippen molar-refractivity contribution in [1.29, 1.82) is 0 Å². The van der Waals surface area contributed by atoms with E-state index in [1.54, 1.807) is 13.2 Å². The normalized spacial score (nSPS) is 20.5. The van der Waals surface area contributed by atoms with Crippen molar-refractivity contribution in [3.05, 3.63) is 108 Å².